The molecule has 1 atom stereocenters. The Morgan fingerprint density at radius 2 is 1.89 bits per heavy atom. The van der Waals surface area contributed by atoms with Gasteiger partial charge in [0.1, 0.15) is 24.7 Å². The van der Waals surface area contributed by atoms with Gasteiger partial charge in [-0.1, -0.05) is 39.0 Å². The number of rotatable bonds is 10. The summed E-state index contributed by atoms with van der Waals surface area (Å²) in [4.78, 5) is 31.8. The number of hydrogen-bond donors (Lipinski definition) is 0. The molecule has 0 spiro atoms. The number of ether oxygens (including phenoxy) is 2. The molecule has 1 aromatic heterocycles. The van der Waals surface area contributed by atoms with Crippen LogP contribution < -0.4 is 9.47 Å². The number of methoxy groups -OCH3 is 1. The van der Waals surface area contributed by atoms with Gasteiger partial charge in [-0.15, -0.1) is 11.3 Å². The topological polar surface area (TPSA) is 59.1 Å². The van der Waals surface area contributed by atoms with Crippen molar-refractivity contribution < 1.29 is 19.1 Å². The van der Waals surface area contributed by atoms with E-state index in [0.29, 0.717) is 36.9 Å². The quantitative estimate of drug-likeness (QED) is 0.332. The predicted octanol–water partition coefficient (Wildman–Crippen LogP) is 5.94. The largest absolute Gasteiger partial charge is 0.497 e. The number of benzene rings is 2. The molecule has 0 saturated carbocycles. The first kappa shape index (κ1) is 26.7. The van der Waals surface area contributed by atoms with Crippen LogP contribution in [0.25, 0.3) is 0 Å². The Morgan fingerprint density at radius 3 is 2.59 bits per heavy atom. The predicted molar refractivity (Wildman–Crippen MR) is 148 cm³/mol. The maximum Gasteiger partial charge on any atom is 0.254 e. The van der Waals surface area contributed by atoms with Crippen LogP contribution in [0.4, 0.5) is 0 Å². The first-order chi connectivity index (χ1) is 17.9. The third kappa shape index (κ3) is 6.34. The molecule has 1 unspecified atom stereocenters. The smallest absolute Gasteiger partial charge is 0.254 e. The zero-order valence-electron chi connectivity index (χ0n) is 22.1. The molecule has 37 heavy (non-hydrogen) atoms. The molecule has 2 aromatic carbocycles. The Hall–Kier alpha value is -3.32. The highest BCUT2D eigenvalue weighted by atomic mass is 32.1. The van der Waals surface area contributed by atoms with Gasteiger partial charge in [-0.3, -0.25) is 9.59 Å². The Balaban J connectivity index is 1.50. The van der Waals surface area contributed by atoms with Gasteiger partial charge in [-0.05, 0) is 71.7 Å². The third-order valence-electron chi connectivity index (χ3n) is 6.79. The van der Waals surface area contributed by atoms with Crippen LogP contribution in [-0.4, -0.2) is 55.0 Å². The van der Waals surface area contributed by atoms with Crippen molar-refractivity contribution in [2.24, 2.45) is 0 Å². The SMILES string of the molecule is CCCN(CC(=O)N1CCc2sccc2C1COc1ccc(C(C)C)cc1)C(=O)c1cccc(OC)c1. The van der Waals surface area contributed by atoms with E-state index < -0.39 is 0 Å². The second-order valence-corrected chi connectivity index (χ2v) is 10.6. The van der Waals surface area contributed by atoms with Gasteiger partial charge in [0, 0.05) is 23.5 Å². The minimum absolute atomic E-state index is 0.0307. The summed E-state index contributed by atoms with van der Waals surface area (Å²) in [6, 6.07) is 17.2. The number of thiophene rings is 1. The van der Waals surface area contributed by atoms with Crippen molar-refractivity contribution in [1.29, 1.82) is 0 Å². The lowest BCUT2D eigenvalue weighted by atomic mass is 10.00. The van der Waals surface area contributed by atoms with Crippen molar-refractivity contribution in [3.8, 4) is 11.5 Å². The van der Waals surface area contributed by atoms with E-state index in [1.807, 2.05) is 24.0 Å². The van der Waals surface area contributed by atoms with Crippen LogP contribution in [0.5, 0.6) is 11.5 Å². The molecule has 0 N–H and O–H groups in total. The fourth-order valence-electron chi connectivity index (χ4n) is 4.71. The zero-order valence-corrected chi connectivity index (χ0v) is 22.9. The highest BCUT2D eigenvalue weighted by molar-refractivity contribution is 7.10. The van der Waals surface area contributed by atoms with Gasteiger partial charge in [0.05, 0.1) is 13.2 Å². The molecule has 1 aliphatic heterocycles. The van der Waals surface area contributed by atoms with E-state index in [1.54, 1.807) is 47.6 Å². The van der Waals surface area contributed by atoms with Gasteiger partial charge < -0.3 is 19.3 Å². The molecule has 0 saturated heterocycles. The number of carbonyl (C=O) groups excluding carboxylic acids is 2. The van der Waals surface area contributed by atoms with Crippen molar-refractivity contribution in [3.05, 3.63) is 81.5 Å². The van der Waals surface area contributed by atoms with Crippen LogP contribution in [0.2, 0.25) is 0 Å². The van der Waals surface area contributed by atoms with E-state index in [-0.39, 0.29) is 24.4 Å². The number of carbonyl (C=O) groups is 2. The van der Waals surface area contributed by atoms with Gasteiger partial charge in [-0.2, -0.15) is 0 Å². The highest BCUT2D eigenvalue weighted by Crippen LogP contribution is 2.34. The Labute approximate surface area is 223 Å². The van der Waals surface area contributed by atoms with Crippen LogP contribution >= 0.6 is 11.3 Å². The maximum atomic E-state index is 13.7. The zero-order chi connectivity index (χ0) is 26.4. The molecular weight excluding hydrogens is 484 g/mol. The summed E-state index contributed by atoms with van der Waals surface area (Å²) in [5, 5.41) is 2.08. The van der Waals surface area contributed by atoms with Crippen LogP contribution in [-0.2, 0) is 11.2 Å². The summed E-state index contributed by atoms with van der Waals surface area (Å²) in [6.07, 6.45) is 1.58. The summed E-state index contributed by atoms with van der Waals surface area (Å²) in [5.41, 5.74) is 2.92. The van der Waals surface area contributed by atoms with Gasteiger partial charge in [0.2, 0.25) is 5.91 Å². The lowest BCUT2D eigenvalue weighted by Gasteiger charge is -2.37. The van der Waals surface area contributed by atoms with Gasteiger partial charge in [-0.25, -0.2) is 0 Å². The molecule has 0 aliphatic carbocycles. The molecule has 0 fully saturated rings. The van der Waals surface area contributed by atoms with Gasteiger partial charge in [0.25, 0.3) is 5.91 Å². The normalized spacial score (nSPS) is 14.8. The highest BCUT2D eigenvalue weighted by Gasteiger charge is 2.33. The molecule has 196 valence electrons. The molecule has 0 radical (unpaired) electrons. The second kappa shape index (κ2) is 12.3. The molecule has 7 heteroatoms. The van der Waals surface area contributed by atoms with E-state index in [4.69, 9.17) is 9.47 Å². The van der Waals surface area contributed by atoms with E-state index >= 15 is 0 Å². The van der Waals surface area contributed by atoms with Gasteiger partial charge >= 0.3 is 0 Å². The summed E-state index contributed by atoms with van der Waals surface area (Å²) < 4.78 is 11.5. The fourth-order valence-corrected chi connectivity index (χ4v) is 5.64. The molecule has 2 heterocycles. The number of amides is 2. The van der Waals surface area contributed by atoms with E-state index in [0.717, 1.165) is 24.2 Å². The van der Waals surface area contributed by atoms with Crippen molar-refractivity contribution in [2.45, 2.75) is 45.6 Å². The molecule has 2 amide bonds. The molecule has 0 bridgehead atoms. The van der Waals surface area contributed by atoms with E-state index in [2.05, 4.69) is 37.4 Å². The van der Waals surface area contributed by atoms with E-state index in [9.17, 15) is 9.59 Å². The van der Waals surface area contributed by atoms with Crippen LogP contribution in [0.3, 0.4) is 0 Å². The van der Waals surface area contributed by atoms with Crippen molar-refractivity contribution in [3.63, 3.8) is 0 Å². The summed E-state index contributed by atoms with van der Waals surface area (Å²) in [5.74, 6) is 1.64. The summed E-state index contributed by atoms with van der Waals surface area (Å²) in [7, 11) is 1.58. The van der Waals surface area contributed by atoms with Crippen molar-refractivity contribution in [1.82, 2.24) is 9.80 Å². The van der Waals surface area contributed by atoms with E-state index in [1.165, 1.54) is 10.4 Å². The molecule has 6 nitrogen and oxygen atoms in total. The first-order valence-electron chi connectivity index (χ1n) is 12.9. The Morgan fingerprint density at radius 1 is 1.11 bits per heavy atom. The third-order valence-corrected chi connectivity index (χ3v) is 7.79. The van der Waals surface area contributed by atoms with Gasteiger partial charge in [0.15, 0.2) is 0 Å². The first-order valence-corrected chi connectivity index (χ1v) is 13.8. The van der Waals surface area contributed by atoms with Crippen LogP contribution in [0, 0.1) is 0 Å². The minimum Gasteiger partial charge on any atom is -0.497 e. The molecular formula is C30H36N2O4S. The Kier molecular flexibility index (Phi) is 8.87. The average molecular weight is 521 g/mol. The minimum atomic E-state index is -0.192. The summed E-state index contributed by atoms with van der Waals surface area (Å²) >= 11 is 1.73. The van der Waals surface area contributed by atoms with Crippen molar-refractivity contribution >= 4 is 23.2 Å². The number of nitrogens with zero attached hydrogens (tertiary/aromatic N) is 2. The number of fused-ring (bicyclic) bond motifs is 1. The van der Waals surface area contributed by atoms with Crippen molar-refractivity contribution in [2.75, 3.05) is 33.4 Å². The molecule has 3 aromatic rings. The van der Waals surface area contributed by atoms with Crippen LogP contribution in [0.1, 0.15) is 65.5 Å². The second-order valence-electron chi connectivity index (χ2n) is 9.65. The standard InChI is InChI=1S/C30H36N2O4S/c1-5-15-31(30(34)23-7-6-8-25(18-23)35-4)19-29(33)32-16-13-28-26(14-17-37-28)27(32)20-36-24-11-9-22(10-12-24)21(2)3/h6-12,14,17-18,21,27H,5,13,15-16,19-20H2,1-4H3. The average Bonchev–Trinajstić information content (AvgIpc) is 3.40. The lowest BCUT2D eigenvalue weighted by Crippen LogP contribution is -2.48. The molecule has 1 aliphatic rings. The summed E-state index contributed by atoms with van der Waals surface area (Å²) in [6.45, 7) is 7.86. The Bertz CT molecular complexity index is 1200. The fraction of sp³-hybridized carbons (Fsp3) is 0.400. The number of hydrogen-bond acceptors (Lipinski definition) is 5. The monoisotopic (exact) mass is 520 g/mol. The lowest BCUT2D eigenvalue weighted by molar-refractivity contribution is -0.135. The van der Waals surface area contributed by atoms with Crippen LogP contribution in [0.15, 0.2) is 60.0 Å². The molecule has 4 rings (SSSR count). The maximum absolute atomic E-state index is 13.7.